The molecule has 0 atom stereocenters. The SMILES string of the molecule is COc1ccc(F)cc1C(=O)N(Cc1nc2ccccc2c(=O)[nH]1)C(C)C. The Labute approximate surface area is 155 Å². The van der Waals surface area contributed by atoms with Crippen molar-refractivity contribution >= 4 is 16.8 Å². The summed E-state index contributed by atoms with van der Waals surface area (Å²) in [5, 5.41) is 0.482. The number of rotatable bonds is 5. The van der Waals surface area contributed by atoms with Gasteiger partial charge in [0.25, 0.3) is 11.5 Å². The topological polar surface area (TPSA) is 75.3 Å². The Balaban J connectivity index is 1.99. The molecule has 0 radical (unpaired) electrons. The van der Waals surface area contributed by atoms with Crippen molar-refractivity contribution in [3.63, 3.8) is 0 Å². The normalized spacial score (nSPS) is 11.0. The van der Waals surface area contributed by atoms with Crippen LogP contribution in [0.15, 0.2) is 47.3 Å². The quantitative estimate of drug-likeness (QED) is 0.750. The second-order valence-corrected chi connectivity index (χ2v) is 6.40. The maximum Gasteiger partial charge on any atom is 0.258 e. The summed E-state index contributed by atoms with van der Waals surface area (Å²) in [5.74, 6) is -0.291. The third kappa shape index (κ3) is 3.81. The third-order valence-electron chi connectivity index (χ3n) is 4.26. The van der Waals surface area contributed by atoms with Crippen molar-refractivity contribution in [3.8, 4) is 5.75 Å². The Kier molecular flexibility index (Phi) is 5.21. The van der Waals surface area contributed by atoms with E-state index in [1.807, 2.05) is 13.8 Å². The number of halogens is 1. The Bertz CT molecular complexity index is 1050. The summed E-state index contributed by atoms with van der Waals surface area (Å²) in [6, 6.07) is 10.6. The van der Waals surface area contributed by atoms with Crippen LogP contribution < -0.4 is 10.3 Å². The van der Waals surface area contributed by atoms with Crippen LogP contribution in [0, 0.1) is 5.82 Å². The number of amides is 1. The largest absolute Gasteiger partial charge is 0.496 e. The molecule has 0 spiro atoms. The summed E-state index contributed by atoms with van der Waals surface area (Å²) in [6.45, 7) is 3.75. The standard InChI is InChI=1S/C20H20FN3O3/c1-12(2)24(20(26)15-10-13(21)8-9-17(15)27-3)11-18-22-16-7-5-4-6-14(16)19(25)23-18/h4-10,12H,11H2,1-3H3,(H,22,23,25). The number of aromatic nitrogens is 2. The number of fused-ring (bicyclic) bond motifs is 1. The lowest BCUT2D eigenvalue weighted by molar-refractivity contribution is 0.0681. The zero-order chi connectivity index (χ0) is 19.6. The highest BCUT2D eigenvalue weighted by Gasteiger charge is 2.24. The lowest BCUT2D eigenvalue weighted by Crippen LogP contribution is -2.37. The molecule has 0 saturated heterocycles. The van der Waals surface area contributed by atoms with Gasteiger partial charge in [-0.05, 0) is 44.2 Å². The minimum absolute atomic E-state index is 0.0796. The molecule has 0 aliphatic carbocycles. The van der Waals surface area contributed by atoms with Crippen LogP contribution in [0.25, 0.3) is 10.9 Å². The summed E-state index contributed by atoms with van der Waals surface area (Å²) in [5.41, 5.74) is 0.403. The van der Waals surface area contributed by atoms with Crippen LogP contribution in [0.3, 0.4) is 0 Å². The Morgan fingerprint density at radius 2 is 2.00 bits per heavy atom. The molecule has 0 aliphatic rings. The summed E-state index contributed by atoms with van der Waals surface area (Å²) in [7, 11) is 1.42. The lowest BCUT2D eigenvalue weighted by atomic mass is 10.1. The van der Waals surface area contributed by atoms with Gasteiger partial charge in [0.1, 0.15) is 17.4 Å². The molecular formula is C20H20FN3O3. The first-order valence-electron chi connectivity index (χ1n) is 8.53. The predicted molar refractivity (Wildman–Crippen MR) is 100 cm³/mol. The minimum Gasteiger partial charge on any atom is -0.496 e. The molecule has 7 heteroatoms. The van der Waals surface area contributed by atoms with Crippen LogP contribution in [0.5, 0.6) is 5.75 Å². The highest BCUT2D eigenvalue weighted by Crippen LogP contribution is 2.23. The van der Waals surface area contributed by atoms with Crippen molar-refractivity contribution in [1.29, 1.82) is 0 Å². The zero-order valence-electron chi connectivity index (χ0n) is 15.3. The number of carbonyl (C=O) groups is 1. The number of nitrogens with one attached hydrogen (secondary N) is 1. The summed E-state index contributed by atoms with van der Waals surface area (Å²) >= 11 is 0. The molecule has 140 valence electrons. The van der Waals surface area contributed by atoms with E-state index in [0.29, 0.717) is 16.7 Å². The average Bonchev–Trinajstić information content (AvgIpc) is 2.65. The van der Waals surface area contributed by atoms with Gasteiger partial charge in [0.15, 0.2) is 0 Å². The number of methoxy groups -OCH3 is 1. The van der Waals surface area contributed by atoms with E-state index in [9.17, 15) is 14.0 Å². The van der Waals surface area contributed by atoms with Gasteiger partial charge in [-0.2, -0.15) is 0 Å². The molecule has 0 unspecified atom stereocenters. The Hall–Kier alpha value is -3.22. The summed E-state index contributed by atoms with van der Waals surface area (Å²) in [6.07, 6.45) is 0. The second-order valence-electron chi connectivity index (χ2n) is 6.40. The molecule has 1 heterocycles. The van der Waals surface area contributed by atoms with Gasteiger partial charge in [-0.15, -0.1) is 0 Å². The molecule has 6 nitrogen and oxygen atoms in total. The van der Waals surface area contributed by atoms with Crippen molar-refractivity contribution < 1.29 is 13.9 Å². The molecule has 1 amide bonds. The van der Waals surface area contributed by atoms with Crippen molar-refractivity contribution in [2.45, 2.75) is 26.4 Å². The number of nitrogens with zero attached hydrogens (tertiary/aromatic N) is 2. The van der Waals surface area contributed by atoms with Crippen molar-refractivity contribution in [2.75, 3.05) is 7.11 Å². The van der Waals surface area contributed by atoms with Gasteiger partial charge >= 0.3 is 0 Å². The van der Waals surface area contributed by atoms with Gasteiger partial charge < -0.3 is 14.6 Å². The highest BCUT2D eigenvalue weighted by molar-refractivity contribution is 5.97. The van der Waals surface area contributed by atoms with E-state index < -0.39 is 11.7 Å². The smallest absolute Gasteiger partial charge is 0.258 e. The fourth-order valence-electron chi connectivity index (χ4n) is 2.86. The van der Waals surface area contributed by atoms with E-state index in [4.69, 9.17) is 4.74 Å². The highest BCUT2D eigenvalue weighted by atomic mass is 19.1. The van der Waals surface area contributed by atoms with Crippen molar-refractivity contribution in [1.82, 2.24) is 14.9 Å². The maximum absolute atomic E-state index is 13.7. The number of hydrogen-bond donors (Lipinski definition) is 1. The van der Waals surface area contributed by atoms with Gasteiger partial charge in [0, 0.05) is 6.04 Å². The van der Waals surface area contributed by atoms with E-state index in [2.05, 4.69) is 9.97 Å². The monoisotopic (exact) mass is 369 g/mol. The maximum atomic E-state index is 13.7. The van der Waals surface area contributed by atoms with Crippen LogP contribution >= 0.6 is 0 Å². The number of aromatic amines is 1. The first-order chi connectivity index (χ1) is 12.9. The molecule has 3 aromatic rings. The molecule has 0 aliphatic heterocycles. The molecular weight excluding hydrogens is 349 g/mol. The number of carbonyl (C=O) groups excluding carboxylic acids is 1. The van der Waals surface area contributed by atoms with Crippen LogP contribution in [0.1, 0.15) is 30.0 Å². The predicted octanol–water partition coefficient (Wildman–Crippen LogP) is 3.12. The molecule has 0 bridgehead atoms. The number of H-pyrrole nitrogens is 1. The molecule has 3 rings (SSSR count). The van der Waals surface area contributed by atoms with Crippen LogP contribution in [-0.2, 0) is 6.54 Å². The van der Waals surface area contributed by atoms with Crippen LogP contribution in [-0.4, -0.2) is 33.9 Å². The van der Waals surface area contributed by atoms with Gasteiger partial charge in [-0.25, -0.2) is 9.37 Å². The van der Waals surface area contributed by atoms with Gasteiger partial charge in [0.2, 0.25) is 0 Å². The number of para-hydroxylation sites is 1. The van der Waals surface area contributed by atoms with Gasteiger partial charge in [-0.1, -0.05) is 12.1 Å². The third-order valence-corrected chi connectivity index (χ3v) is 4.26. The van der Waals surface area contributed by atoms with E-state index in [-0.39, 0.29) is 29.5 Å². The summed E-state index contributed by atoms with van der Waals surface area (Å²) < 4.78 is 18.9. The van der Waals surface area contributed by atoms with Crippen molar-refractivity contribution in [2.24, 2.45) is 0 Å². The fourth-order valence-corrected chi connectivity index (χ4v) is 2.86. The van der Waals surface area contributed by atoms with Gasteiger partial charge in [0.05, 0.1) is 30.1 Å². The summed E-state index contributed by atoms with van der Waals surface area (Å²) in [4.78, 5) is 34.0. The molecule has 0 fully saturated rings. The van der Waals surface area contributed by atoms with E-state index in [0.717, 1.165) is 6.07 Å². The number of benzene rings is 2. The van der Waals surface area contributed by atoms with Crippen LogP contribution in [0.2, 0.25) is 0 Å². The average molecular weight is 369 g/mol. The molecule has 1 N–H and O–H groups in total. The zero-order valence-corrected chi connectivity index (χ0v) is 15.3. The number of ether oxygens (including phenoxy) is 1. The molecule has 2 aromatic carbocycles. The number of hydrogen-bond acceptors (Lipinski definition) is 4. The molecule has 0 saturated carbocycles. The first kappa shape index (κ1) is 18.6. The Morgan fingerprint density at radius 3 is 2.70 bits per heavy atom. The van der Waals surface area contributed by atoms with E-state index >= 15 is 0 Å². The molecule has 27 heavy (non-hydrogen) atoms. The van der Waals surface area contributed by atoms with E-state index in [1.54, 1.807) is 24.3 Å². The minimum atomic E-state index is -0.528. The fraction of sp³-hybridized carbons (Fsp3) is 0.250. The lowest BCUT2D eigenvalue weighted by Gasteiger charge is -2.27. The Morgan fingerprint density at radius 1 is 1.26 bits per heavy atom. The van der Waals surface area contributed by atoms with Crippen LogP contribution in [0.4, 0.5) is 4.39 Å². The van der Waals surface area contributed by atoms with Gasteiger partial charge in [-0.3, -0.25) is 9.59 Å². The first-order valence-corrected chi connectivity index (χ1v) is 8.53. The molecule has 1 aromatic heterocycles. The second kappa shape index (κ2) is 7.57. The van der Waals surface area contributed by atoms with Crippen molar-refractivity contribution in [3.05, 3.63) is 70.0 Å². The van der Waals surface area contributed by atoms with E-state index in [1.165, 1.54) is 24.1 Å².